The zero-order valence-corrected chi connectivity index (χ0v) is 11.3. The molecular formula is C12H22N2O2S. The van der Waals surface area contributed by atoms with Gasteiger partial charge in [0.15, 0.2) is 0 Å². The summed E-state index contributed by atoms with van der Waals surface area (Å²) in [5.74, 6) is 1.81. The fourth-order valence-corrected chi connectivity index (χ4v) is 3.67. The number of aliphatic carboxylic acids is 1. The van der Waals surface area contributed by atoms with Gasteiger partial charge in [0.25, 0.3) is 0 Å². The van der Waals surface area contributed by atoms with Crippen molar-refractivity contribution < 1.29 is 9.90 Å². The highest BCUT2D eigenvalue weighted by molar-refractivity contribution is 7.99. The van der Waals surface area contributed by atoms with Crippen LogP contribution in [0.5, 0.6) is 0 Å². The quantitative estimate of drug-likeness (QED) is 0.817. The largest absolute Gasteiger partial charge is 0.480 e. The molecule has 0 radical (unpaired) electrons. The summed E-state index contributed by atoms with van der Waals surface area (Å²) in [7, 11) is 0. The molecule has 98 valence electrons. The molecule has 2 saturated heterocycles. The van der Waals surface area contributed by atoms with Gasteiger partial charge in [-0.15, -0.1) is 0 Å². The van der Waals surface area contributed by atoms with Gasteiger partial charge in [0.2, 0.25) is 0 Å². The lowest BCUT2D eigenvalue weighted by atomic mass is 10.0. The second kappa shape index (κ2) is 6.07. The minimum atomic E-state index is -0.696. The highest BCUT2D eigenvalue weighted by Gasteiger charge is 2.29. The van der Waals surface area contributed by atoms with E-state index in [2.05, 4.69) is 9.80 Å². The summed E-state index contributed by atoms with van der Waals surface area (Å²) in [5.41, 5.74) is 0. The van der Waals surface area contributed by atoms with Crippen molar-refractivity contribution in [2.45, 2.75) is 31.8 Å². The maximum atomic E-state index is 10.9. The third-order valence-corrected chi connectivity index (χ3v) is 4.91. The Kier molecular flexibility index (Phi) is 4.70. The average molecular weight is 258 g/mol. The van der Waals surface area contributed by atoms with E-state index in [0.717, 1.165) is 25.9 Å². The molecule has 2 aliphatic heterocycles. The van der Waals surface area contributed by atoms with E-state index in [-0.39, 0.29) is 6.04 Å². The van der Waals surface area contributed by atoms with E-state index in [4.69, 9.17) is 5.11 Å². The second-order valence-electron chi connectivity index (χ2n) is 4.93. The van der Waals surface area contributed by atoms with Gasteiger partial charge in [0, 0.05) is 43.7 Å². The number of rotatable bonds is 3. The van der Waals surface area contributed by atoms with Crippen molar-refractivity contribution in [3.05, 3.63) is 0 Å². The zero-order valence-electron chi connectivity index (χ0n) is 10.5. The Hall–Kier alpha value is -0.260. The van der Waals surface area contributed by atoms with Crippen molar-refractivity contribution in [3.8, 4) is 0 Å². The SMILES string of the molecule is CC(C(=O)O)N1CCC(N2CCSCC2)CC1. The van der Waals surface area contributed by atoms with Crippen molar-refractivity contribution in [1.29, 1.82) is 0 Å². The van der Waals surface area contributed by atoms with E-state index in [1.54, 1.807) is 6.92 Å². The molecule has 0 aliphatic carbocycles. The first-order valence-electron chi connectivity index (χ1n) is 6.47. The smallest absolute Gasteiger partial charge is 0.320 e. The molecule has 2 heterocycles. The minimum Gasteiger partial charge on any atom is -0.480 e. The Morgan fingerprint density at radius 1 is 1.24 bits per heavy atom. The zero-order chi connectivity index (χ0) is 12.3. The number of thioether (sulfide) groups is 1. The number of nitrogens with zero attached hydrogens (tertiary/aromatic N) is 2. The van der Waals surface area contributed by atoms with Crippen LogP contribution in [0.2, 0.25) is 0 Å². The third-order valence-electron chi connectivity index (χ3n) is 3.97. The number of piperidine rings is 1. The van der Waals surface area contributed by atoms with Gasteiger partial charge >= 0.3 is 5.97 Å². The maximum Gasteiger partial charge on any atom is 0.320 e. The van der Waals surface area contributed by atoms with E-state index in [1.165, 1.54) is 24.6 Å². The van der Waals surface area contributed by atoms with E-state index in [0.29, 0.717) is 6.04 Å². The molecule has 1 atom stereocenters. The number of likely N-dealkylation sites (tertiary alicyclic amines) is 1. The van der Waals surface area contributed by atoms with Gasteiger partial charge in [-0.1, -0.05) is 0 Å². The van der Waals surface area contributed by atoms with Crippen molar-refractivity contribution in [1.82, 2.24) is 9.80 Å². The van der Waals surface area contributed by atoms with Gasteiger partial charge in [-0.05, 0) is 19.8 Å². The molecule has 0 aromatic carbocycles. The summed E-state index contributed by atoms with van der Waals surface area (Å²) in [6.45, 7) is 6.08. The molecule has 2 fully saturated rings. The maximum absolute atomic E-state index is 10.9. The molecular weight excluding hydrogens is 236 g/mol. The van der Waals surface area contributed by atoms with Gasteiger partial charge in [-0.2, -0.15) is 11.8 Å². The first kappa shape index (κ1) is 13.2. The number of hydrogen-bond donors (Lipinski definition) is 1. The average Bonchev–Trinajstić information content (AvgIpc) is 2.39. The Labute approximate surface area is 107 Å². The van der Waals surface area contributed by atoms with Gasteiger partial charge in [0.1, 0.15) is 6.04 Å². The molecule has 2 aliphatic rings. The normalized spacial score (nSPS) is 26.9. The number of carboxylic acids is 1. The fourth-order valence-electron chi connectivity index (χ4n) is 2.74. The molecule has 1 unspecified atom stereocenters. The molecule has 5 heteroatoms. The van der Waals surface area contributed by atoms with Crippen LogP contribution in [0.25, 0.3) is 0 Å². The van der Waals surface area contributed by atoms with E-state index >= 15 is 0 Å². The first-order valence-corrected chi connectivity index (χ1v) is 7.62. The molecule has 2 rings (SSSR count). The number of hydrogen-bond acceptors (Lipinski definition) is 4. The lowest BCUT2D eigenvalue weighted by molar-refractivity contribution is -0.143. The van der Waals surface area contributed by atoms with Gasteiger partial charge in [-0.3, -0.25) is 14.6 Å². The van der Waals surface area contributed by atoms with Crippen LogP contribution >= 0.6 is 11.8 Å². The summed E-state index contributed by atoms with van der Waals surface area (Å²) in [4.78, 5) is 15.6. The Morgan fingerprint density at radius 2 is 1.82 bits per heavy atom. The standard InChI is InChI=1S/C12H22N2O2S/c1-10(12(15)16)13-4-2-11(3-5-13)14-6-8-17-9-7-14/h10-11H,2-9H2,1H3,(H,15,16). The highest BCUT2D eigenvalue weighted by atomic mass is 32.2. The lowest BCUT2D eigenvalue weighted by Crippen LogP contribution is -2.51. The molecule has 1 N–H and O–H groups in total. The van der Waals surface area contributed by atoms with Crippen molar-refractivity contribution in [3.63, 3.8) is 0 Å². The third kappa shape index (κ3) is 3.36. The van der Waals surface area contributed by atoms with Crippen LogP contribution in [-0.4, -0.2) is 70.6 Å². The summed E-state index contributed by atoms with van der Waals surface area (Å²) < 4.78 is 0. The molecule has 0 aromatic rings. The van der Waals surface area contributed by atoms with Crippen LogP contribution in [0.3, 0.4) is 0 Å². The molecule has 17 heavy (non-hydrogen) atoms. The molecule has 0 amide bonds. The van der Waals surface area contributed by atoms with Crippen LogP contribution in [0.15, 0.2) is 0 Å². The van der Waals surface area contributed by atoms with Crippen molar-refractivity contribution in [2.75, 3.05) is 37.7 Å². The van der Waals surface area contributed by atoms with Crippen molar-refractivity contribution >= 4 is 17.7 Å². The second-order valence-corrected chi connectivity index (χ2v) is 6.15. The summed E-state index contributed by atoms with van der Waals surface area (Å²) in [6, 6.07) is 0.362. The highest BCUT2D eigenvalue weighted by Crippen LogP contribution is 2.21. The molecule has 0 spiro atoms. The lowest BCUT2D eigenvalue weighted by Gasteiger charge is -2.41. The minimum absolute atomic E-state index is 0.326. The Morgan fingerprint density at radius 3 is 2.35 bits per heavy atom. The fraction of sp³-hybridized carbons (Fsp3) is 0.917. The van der Waals surface area contributed by atoms with Crippen LogP contribution in [0.1, 0.15) is 19.8 Å². The predicted octanol–water partition coefficient (Wildman–Crippen LogP) is 0.973. The van der Waals surface area contributed by atoms with Crippen LogP contribution in [-0.2, 0) is 4.79 Å². The van der Waals surface area contributed by atoms with Gasteiger partial charge < -0.3 is 5.11 Å². The molecule has 0 saturated carbocycles. The topological polar surface area (TPSA) is 43.8 Å². The van der Waals surface area contributed by atoms with Gasteiger partial charge in [0.05, 0.1) is 0 Å². The van der Waals surface area contributed by atoms with Crippen molar-refractivity contribution in [2.24, 2.45) is 0 Å². The van der Waals surface area contributed by atoms with Gasteiger partial charge in [-0.25, -0.2) is 0 Å². The molecule has 4 nitrogen and oxygen atoms in total. The van der Waals surface area contributed by atoms with Crippen LogP contribution in [0.4, 0.5) is 0 Å². The van der Waals surface area contributed by atoms with E-state index in [1.807, 2.05) is 11.8 Å². The van der Waals surface area contributed by atoms with E-state index < -0.39 is 5.97 Å². The number of carboxylic acid groups (broad SMARTS) is 1. The monoisotopic (exact) mass is 258 g/mol. The Balaban J connectivity index is 1.79. The molecule has 0 aromatic heterocycles. The first-order chi connectivity index (χ1) is 8.18. The number of carbonyl (C=O) groups is 1. The molecule has 0 bridgehead atoms. The summed E-state index contributed by atoms with van der Waals surface area (Å²) >= 11 is 2.04. The van der Waals surface area contributed by atoms with Crippen LogP contribution in [0, 0.1) is 0 Å². The Bertz CT molecular complexity index is 261. The summed E-state index contributed by atoms with van der Waals surface area (Å²) in [6.07, 6.45) is 2.25. The summed E-state index contributed by atoms with van der Waals surface area (Å²) in [5, 5.41) is 8.99. The van der Waals surface area contributed by atoms with Crippen LogP contribution < -0.4 is 0 Å². The predicted molar refractivity (Wildman–Crippen MR) is 70.6 cm³/mol. The van der Waals surface area contributed by atoms with E-state index in [9.17, 15) is 4.79 Å².